The molecule has 1 N–H and O–H groups in total. The summed E-state index contributed by atoms with van der Waals surface area (Å²) in [7, 11) is 0. The van der Waals surface area contributed by atoms with E-state index >= 15 is 0 Å². The first kappa shape index (κ1) is 16.3. The van der Waals surface area contributed by atoms with Gasteiger partial charge >= 0.3 is 0 Å². The van der Waals surface area contributed by atoms with E-state index in [0.29, 0.717) is 12.1 Å². The standard InChI is InChI=1S/C16H23BrClNO/c1-2-7-19-14(11-15-4-3-8-20-15)9-12-5-6-13(17)10-16(12)18/h5-6,10,14-15,19H,2-4,7-9,11H2,1H3. The lowest BCUT2D eigenvalue weighted by Gasteiger charge is -2.22. The Morgan fingerprint density at radius 1 is 1.50 bits per heavy atom. The van der Waals surface area contributed by atoms with E-state index in [1.165, 1.54) is 18.4 Å². The van der Waals surface area contributed by atoms with Crippen LogP contribution in [0.4, 0.5) is 0 Å². The summed E-state index contributed by atoms with van der Waals surface area (Å²) in [6.45, 7) is 4.17. The average molecular weight is 361 g/mol. The fourth-order valence-electron chi connectivity index (χ4n) is 2.69. The fourth-order valence-corrected chi connectivity index (χ4v) is 3.44. The molecule has 2 atom stereocenters. The molecule has 0 radical (unpaired) electrons. The van der Waals surface area contributed by atoms with E-state index in [0.717, 1.165) is 41.9 Å². The van der Waals surface area contributed by atoms with Crippen molar-refractivity contribution in [3.05, 3.63) is 33.3 Å². The van der Waals surface area contributed by atoms with Crippen molar-refractivity contribution in [2.75, 3.05) is 13.2 Å². The molecule has 20 heavy (non-hydrogen) atoms. The summed E-state index contributed by atoms with van der Waals surface area (Å²) in [4.78, 5) is 0. The number of hydrogen-bond donors (Lipinski definition) is 1. The summed E-state index contributed by atoms with van der Waals surface area (Å²) in [6, 6.07) is 6.59. The molecule has 112 valence electrons. The fraction of sp³-hybridized carbons (Fsp3) is 0.625. The van der Waals surface area contributed by atoms with Gasteiger partial charge < -0.3 is 10.1 Å². The number of benzene rings is 1. The predicted octanol–water partition coefficient (Wildman–Crippen LogP) is 4.58. The Morgan fingerprint density at radius 2 is 2.35 bits per heavy atom. The van der Waals surface area contributed by atoms with Crippen molar-refractivity contribution in [1.82, 2.24) is 5.32 Å². The second-order valence-electron chi connectivity index (χ2n) is 5.46. The molecule has 2 unspecified atom stereocenters. The molecular weight excluding hydrogens is 338 g/mol. The zero-order valence-electron chi connectivity index (χ0n) is 12.0. The molecule has 1 aromatic carbocycles. The van der Waals surface area contributed by atoms with Gasteiger partial charge in [0.2, 0.25) is 0 Å². The van der Waals surface area contributed by atoms with Crippen LogP contribution in [-0.2, 0) is 11.2 Å². The second-order valence-corrected chi connectivity index (χ2v) is 6.78. The van der Waals surface area contributed by atoms with Gasteiger partial charge in [0.05, 0.1) is 6.10 Å². The van der Waals surface area contributed by atoms with E-state index in [2.05, 4.69) is 40.3 Å². The van der Waals surface area contributed by atoms with E-state index in [-0.39, 0.29) is 0 Å². The Morgan fingerprint density at radius 3 is 3.00 bits per heavy atom. The molecule has 0 aliphatic carbocycles. The van der Waals surface area contributed by atoms with Crippen molar-refractivity contribution in [1.29, 1.82) is 0 Å². The number of hydrogen-bond acceptors (Lipinski definition) is 2. The quantitative estimate of drug-likeness (QED) is 0.768. The minimum Gasteiger partial charge on any atom is -0.378 e. The molecule has 1 heterocycles. The van der Waals surface area contributed by atoms with Crippen LogP contribution in [-0.4, -0.2) is 25.3 Å². The molecule has 0 bridgehead atoms. The van der Waals surface area contributed by atoms with Gasteiger partial charge in [0.25, 0.3) is 0 Å². The summed E-state index contributed by atoms with van der Waals surface area (Å²) in [5.41, 5.74) is 1.21. The molecule has 0 saturated carbocycles. The van der Waals surface area contributed by atoms with Crippen molar-refractivity contribution in [3.63, 3.8) is 0 Å². The Labute approximate surface area is 135 Å². The highest BCUT2D eigenvalue weighted by Gasteiger charge is 2.21. The highest BCUT2D eigenvalue weighted by molar-refractivity contribution is 9.10. The van der Waals surface area contributed by atoms with Crippen molar-refractivity contribution in [2.24, 2.45) is 0 Å². The van der Waals surface area contributed by atoms with E-state index in [1.807, 2.05) is 6.07 Å². The van der Waals surface area contributed by atoms with Gasteiger partial charge in [0.15, 0.2) is 0 Å². The van der Waals surface area contributed by atoms with E-state index in [1.54, 1.807) is 0 Å². The maximum absolute atomic E-state index is 6.34. The van der Waals surface area contributed by atoms with Gasteiger partial charge in [-0.2, -0.15) is 0 Å². The lowest BCUT2D eigenvalue weighted by atomic mass is 9.99. The zero-order valence-corrected chi connectivity index (χ0v) is 14.3. The van der Waals surface area contributed by atoms with Crippen LogP contribution in [0.1, 0.15) is 38.2 Å². The highest BCUT2D eigenvalue weighted by atomic mass is 79.9. The molecule has 1 fully saturated rings. The molecule has 1 aliphatic rings. The van der Waals surface area contributed by atoms with Gasteiger partial charge in [-0.15, -0.1) is 0 Å². The van der Waals surface area contributed by atoms with Crippen molar-refractivity contribution in [2.45, 2.75) is 51.2 Å². The van der Waals surface area contributed by atoms with Crippen LogP contribution in [0.25, 0.3) is 0 Å². The van der Waals surface area contributed by atoms with Crippen LogP contribution >= 0.6 is 27.5 Å². The summed E-state index contributed by atoms with van der Waals surface area (Å²) >= 11 is 9.79. The minimum absolute atomic E-state index is 0.415. The van der Waals surface area contributed by atoms with Gasteiger partial charge in [-0.1, -0.05) is 40.5 Å². The third-order valence-corrected chi connectivity index (χ3v) is 4.58. The topological polar surface area (TPSA) is 21.3 Å². The number of nitrogens with one attached hydrogen (secondary N) is 1. The van der Waals surface area contributed by atoms with Gasteiger partial charge in [-0.05, 0) is 56.3 Å². The largest absolute Gasteiger partial charge is 0.378 e. The minimum atomic E-state index is 0.415. The molecule has 2 nitrogen and oxygen atoms in total. The van der Waals surface area contributed by atoms with Crippen LogP contribution < -0.4 is 5.32 Å². The third kappa shape index (κ3) is 5.03. The number of ether oxygens (including phenoxy) is 1. The molecule has 2 rings (SSSR count). The normalized spacial score (nSPS) is 20.2. The Bertz CT molecular complexity index is 421. The lowest BCUT2D eigenvalue weighted by Crippen LogP contribution is -2.35. The maximum Gasteiger partial charge on any atom is 0.0590 e. The smallest absolute Gasteiger partial charge is 0.0590 e. The summed E-state index contributed by atoms with van der Waals surface area (Å²) in [6.07, 6.45) is 6.00. The van der Waals surface area contributed by atoms with Crippen LogP contribution in [0.15, 0.2) is 22.7 Å². The monoisotopic (exact) mass is 359 g/mol. The molecule has 1 saturated heterocycles. The summed E-state index contributed by atoms with van der Waals surface area (Å²) in [5, 5.41) is 4.48. The maximum atomic E-state index is 6.34. The van der Waals surface area contributed by atoms with Gasteiger partial charge in [-0.25, -0.2) is 0 Å². The first-order valence-electron chi connectivity index (χ1n) is 7.48. The van der Waals surface area contributed by atoms with Gasteiger partial charge in [0.1, 0.15) is 0 Å². The van der Waals surface area contributed by atoms with Crippen LogP contribution in [0.3, 0.4) is 0 Å². The van der Waals surface area contributed by atoms with Crippen molar-refractivity contribution in [3.8, 4) is 0 Å². The molecule has 1 aliphatic heterocycles. The first-order chi connectivity index (χ1) is 9.69. The molecule has 0 amide bonds. The first-order valence-corrected chi connectivity index (χ1v) is 8.65. The highest BCUT2D eigenvalue weighted by Crippen LogP contribution is 2.24. The van der Waals surface area contributed by atoms with E-state index < -0.39 is 0 Å². The molecule has 4 heteroatoms. The zero-order chi connectivity index (χ0) is 14.4. The SMILES string of the molecule is CCCNC(Cc1ccc(Br)cc1Cl)CC1CCCO1. The average Bonchev–Trinajstić information content (AvgIpc) is 2.92. The molecule has 0 spiro atoms. The van der Waals surface area contributed by atoms with E-state index in [4.69, 9.17) is 16.3 Å². The molecular formula is C16H23BrClNO. The predicted molar refractivity (Wildman–Crippen MR) is 88.5 cm³/mol. The van der Waals surface area contributed by atoms with Crippen LogP contribution in [0.5, 0.6) is 0 Å². The van der Waals surface area contributed by atoms with Crippen LogP contribution in [0, 0.1) is 0 Å². The molecule has 1 aromatic rings. The Kier molecular flexibility index (Phi) is 6.82. The van der Waals surface area contributed by atoms with Crippen LogP contribution in [0.2, 0.25) is 5.02 Å². The summed E-state index contributed by atoms with van der Waals surface area (Å²) in [5.74, 6) is 0. The number of rotatable bonds is 7. The Balaban J connectivity index is 1.97. The van der Waals surface area contributed by atoms with Gasteiger partial charge in [-0.3, -0.25) is 0 Å². The third-order valence-electron chi connectivity index (χ3n) is 3.74. The van der Waals surface area contributed by atoms with E-state index in [9.17, 15) is 0 Å². The van der Waals surface area contributed by atoms with Crippen molar-refractivity contribution < 1.29 is 4.74 Å². The molecule has 0 aromatic heterocycles. The number of halogens is 2. The second kappa shape index (κ2) is 8.38. The Hall–Kier alpha value is -0.0900. The van der Waals surface area contributed by atoms with Crippen molar-refractivity contribution >= 4 is 27.5 Å². The lowest BCUT2D eigenvalue weighted by molar-refractivity contribution is 0.0946. The summed E-state index contributed by atoms with van der Waals surface area (Å²) < 4.78 is 6.80. The van der Waals surface area contributed by atoms with Gasteiger partial charge in [0, 0.05) is 22.1 Å².